The minimum absolute atomic E-state index is 0.0859. The Hall–Kier alpha value is -0.870. The van der Waals surface area contributed by atoms with Crippen molar-refractivity contribution in [2.45, 2.75) is 50.7 Å². The van der Waals surface area contributed by atoms with Crippen molar-refractivity contribution in [1.82, 2.24) is 5.32 Å². The fourth-order valence-corrected chi connectivity index (χ4v) is 4.08. The largest absolute Gasteiger partial charge is 0.368 e. The molecule has 1 saturated carbocycles. The molecule has 2 heterocycles. The summed E-state index contributed by atoms with van der Waals surface area (Å²) in [6.45, 7) is 0.727. The molecule has 2 aliphatic rings. The van der Waals surface area contributed by atoms with Crippen LogP contribution in [0.1, 0.15) is 49.4 Å². The molecule has 1 N–H and O–H groups in total. The van der Waals surface area contributed by atoms with Crippen LogP contribution in [0.2, 0.25) is 0 Å². The van der Waals surface area contributed by atoms with Crippen molar-refractivity contribution in [3.8, 4) is 0 Å². The molecule has 2 atom stereocenters. The molecule has 3 rings (SSSR count). The minimum Gasteiger partial charge on any atom is -0.368 e. The number of nitrogens with one attached hydrogen (secondary N) is 1. The number of carbonyl (C=O) groups excluding carboxylic acids is 1. The molecular formula is C15H21NO2S. The summed E-state index contributed by atoms with van der Waals surface area (Å²) in [4.78, 5) is 13.6. The molecule has 0 radical (unpaired) electrons. The maximum atomic E-state index is 12.3. The van der Waals surface area contributed by atoms with E-state index in [1.165, 1.54) is 30.6 Å². The van der Waals surface area contributed by atoms with Crippen LogP contribution in [0.5, 0.6) is 0 Å². The SMILES string of the molecule is O=C(NC(c1cccs1)C1CCCC1)C1CCCO1. The van der Waals surface area contributed by atoms with Gasteiger partial charge in [-0.25, -0.2) is 0 Å². The Morgan fingerprint density at radius 1 is 1.32 bits per heavy atom. The number of ether oxygens (including phenoxy) is 1. The fourth-order valence-electron chi connectivity index (χ4n) is 3.21. The topological polar surface area (TPSA) is 38.3 Å². The van der Waals surface area contributed by atoms with Crippen LogP contribution in [0.15, 0.2) is 17.5 Å². The van der Waals surface area contributed by atoms with Crippen LogP contribution in [0.4, 0.5) is 0 Å². The van der Waals surface area contributed by atoms with Gasteiger partial charge in [-0.15, -0.1) is 11.3 Å². The Morgan fingerprint density at radius 2 is 2.16 bits per heavy atom. The highest BCUT2D eigenvalue weighted by Gasteiger charge is 2.31. The lowest BCUT2D eigenvalue weighted by Crippen LogP contribution is -2.39. The number of rotatable bonds is 4. The highest BCUT2D eigenvalue weighted by molar-refractivity contribution is 7.10. The second-order valence-corrected chi connectivity index (χ2v) is 6.53. The van der Waals surface area contributed by atoms with Crippen LogP contribution in [0.3, 0.4) is 0 Å². The van der Waals surface area contributed by atoms with Gasteiger partial charge in [-0.2, -0.15) is 0 Å². The van der Waals surface area contributed by atoms with E-state index in [0.717, 1.165) is 19.4 Å². The van der Waals surface area contributed by atoms with E-state index in [0.29, 0.717) is 5.92 Å². The van der Waals surface area contributed by atoms with Gasteiger partial charge in [0.15, 0.2) is 0 Å². The highest BCUT2D eigenvalue weighted by atomic mass is 32.1. The maximum absolute atomic E-state index is 12.3. The zero-order chi connectivity index (χ0) is 13.1. The number of hydrogen-bond acceptors (Lipinski definition) is 3. The van der Waals surface area contributed by atoms with Gasteiger partial charge in [0.1, 0.15) is 6.10 Å². The Kier molecular flexibility index (Phi) is 4.18. The molecule has 1 aromatic rings. The first-order chi connectivity index (χ1) is 9.34. The second kappa shape index (κ2) is 6.06. The van der Waals surface area contributed by atoms with Crippen molar-refractivity contribution < 1.29 is 9.53 Å². The molecule has 0 bridgehead atoms. The van der Waals surface area contributed by atoms with Gasteiger partial charge in [0, 0.05) is 11.5 Å². The molecule has 104 valence electrons. The molecule has 1 saturated heterocycles. The summed E-state index contributed by atoms with van der Waals surface area (Å²) in [5.74, 6) is 0.687. The van der Waals surface area contributed by atoms with Crippen LogP contribution in [0, 0.1) is 5.92 Å². The molecule has 1 aromatic heterocycles. The summed E-state index contributed by atoms with van der Waals surface area (Å²) in [5, 5.41) is 5.34. The van der Waals surface area contributed by atoms with Crippen LogP contribution in [-0.4, -0.2) is 18.6 Å². The third-order valence-electron chi connectivity index (χ3n) is 4.24. The van der Waals surface area contributed by atoms with E-state index in [4.69, 9.17) is 4.74 Å². The van der Waals surface area contributed by atoms with Gasteiger partial charge in [0.2, 0.25) is 5.91 Å². The van der Waals surface area contributed by atoms with E-state index >= 15 is 0 Å². The Labute approximate surface area is 118 Å². The van der Waals surface area contributed by atoms with E-state index < -0.39 is 0 Å². The van der Waals surface area contributed by atoms with Crippen molar-refractivity contribution in [3.05, 3.63) is 22.4 Å². The zero-order valence-electron chi connectivity index (χ0n) is 11.1. The molecular weight excluding hydrogens is 258 g/mol. The number of thiophene rings is 1. The van der Waals surface area contributed by atoms with Crippen LogP contribution < -0.4 is 5.32 Å². The number of hydrogen-bond donors (Lipinski definition) is 1. The van der Waals surface area contributed by atoms with E-state index in [9.17, 15) is 4.79 Å². The van der Waals surface area contributed by atoms with Crippen molar-refractivity contribution in [2.24, 2.45) is 5.92 Å². The summed E-state index contributed by atoms with van der Waals surface area (Å²) in [7, 11) is 0. The number of carbonyl (C=O) groups is 1. The average Bonchev–Trinajstić information content (AvgIpc) is 3.17. The Bertz CT molecular complexity index is 406. The molecule has 3 nitrogen and oxygen atoms in total. The maximum Gasteiger partial charge on any atom is 0.249 e. The standard InChI is InChI=1S/C15H21NO2S/c17-15(12-7-3-9-18-12)16-14(11-5-1-2-6-11)13-8-4-10-19-13/h4,8,10-12,14H,1-3,5-7,9H2,(H,16,17). The van der Waals surface area contributed by atoms with Crippen LogP contribution in [-0.2, 0) is 9.53 Å². The molecule has 1 aliphatic carbocycles. The molecule has 1 aliphatic heterocycles. The fraction of sp³-hybridized carbons (Fsp3) is 0.667. The molecule has 4 heteroatoms. The third kappa shape index (κ3) is 3.00. The summed E-state index contributed by atoms with van der Waals surface area (Å²) in [6, 6.07) is 4.41. The summed E-state index contributed by atoms with van der Waals surface area (Å²) >= 11 is 1.75. The minimum atomic E-state index is -0.219. The van der Waals surface area contributed by atoms with Gasteiger partial charge in [-0.1, -0.05) is 18.9 Å². The van der Waals surface area contributed by atoms with Gasteiger partial charge < -0.3 is 10.1 Å². The quantitative estimate of drug-likeness (QED) is 0.918. The van der Waals surface area contributed by atoms with Gasteiger partial charge in [0.05, 0.1) is 6.04 Å². The monoisotopic (exact) mass is 279 g/mol. The van der Waals surface area contributed by atoms with Gasteiger partial charge in [-0.3, -0.25) is 4.79 Å². The summed E-state index contributed by atoms with van der Waals surface area (Å²) in [5.41, 5.74) is 0. The second-order valence-electron chi connectivity index (χ2n) is 5.55. The van der Waals surface area contributed by atoms with Crippen molar-refractivity contribution in [2.75, 3.05) is 6.61 Å². The van der Waals surface area contributed by atoms with Crippen LogP contribution in [0.25, 0.3) is 0 Å². The van der Waals surface area contributed by atoms with Gasteiger partial charge in [0.25, 0.3) is 0 Å². The smallest absolute Gasteiger partial charge is 0.249 e. The lowest BCUT2D eigenvalue weighted by atomic mass is 9.96. The van der Waals surface area contributed by atoms with E-state index in [1.807, 2.05) is 0 Å². The lowest BCUT2D eigenvalue weighted by Gasteiger charge is -2.25. The van der Waals surface area contributed by atoms with E-state index in [1.54, 1.807) is 11.3 Å². The first kappa shape index (κ1) is 13.1. The third-order valence-corrected chi connectivity index (χ3v) is 5.20. The summed E-state index contributed by atoms with van der Waals surface area (Å²) < 4.78 is 5.49. The van der Waals surface area contributed by atoms with Gasteiger partial charge in [-0.05, 0) is 43.0 Å². The summed E-state index contributed by atoms with van der Waals surface area (Å²) in [6.07, 6.45) is 6.70. The molecule has 1 amide bonds. The first-order valence-corrected chi connectivity index (χ1v) is 8.18. The van der Waals surface area contributed by atoms with E-state index in [2.05, 4.69) is 22.8 Å². The van der Waals surface area contributed by atoms with Crippen LogP contribution >= 0.6 is 11.3 Å². The first-order valence-electron chi connectivity index (χ1n) is 7.30. The highest BCUT2D eigenvalue weighted by Crippen LogP contribution is 2.37. The molecule has 2 unspecified atom stereocenters. The molecule has 0 aromatic carbocycles. The molecule has 19 heavy (non-hydrogen) atoms. The Morgan fingerprint density at radius 3 is 2.79 bits per heavy atom. The van der Waals surface area contributed by atoms with Crippen molar-refractivity contribution >= 4 is 17.2 Å². The Balaban J connectivity index is 1.69. The lowest BCUT2D eigenvalue weighted by molar-refractivity contribution is -0.131. The predicted molar refractivity (Wildman–Crippen MR) is 76.1 cm³/mol. The van der Waals surface area contributed by atoms with Crippen molar-refractivity contribution in [3.63, 3.8) is 0 Å². The number of amides is 1. The predicted octanol–water partition coefficient (Wildman–Crippen LogP) is 3.27. The zero-order valence-corrected chi connectivity index (χ0v) is 12.0. The normalized spacial score (nSPS) is 25.6. The van der Waals surface area contributed by atoms with Gasteiger partial charge >= 0.3 is 0 Å². The molecule has 2 fully saturated rings. The van der Waals surface area contributed by atoms with E-state index in [-0.39, 0.29) is 18.1 Å². The molecule has 0 spiro atoms. The van der Waals surface area contributed by atoms with Crippen molar-refractivity contribution in [1.29, 1.82) is 0 Å². The average molecular weight is 279 g/mol.